The van der Waals surface area contributed by atoms with Crippen LogP contribution in [0.15, 0.2) is 36.5 Å². The first kappa shape index (κ1) is 26.5. The Labute approximate surface area is 222 Å². The van der Waals surface area contributed by atoms with Crippen molar-refractivity contribution in [1.29, 1.82) is 0 Å². The number of ether oxygens (including phenoxy) is 1. The summed E-state index contributed by atoms with van der Waals surface area (Å²) in [6.07, 6.45) is -4.28. The maximum atomic E-state index is 13.8. The molecule has 15 heteroatoms. The van der Waals surface area contributed by atoms with Crippen LogP contribution in [-0.2, 0) is 4.74 Å². The second-order valence-electron chi connectivity index (χ2n) is 8.59. The number of nitrogens with zero attached hydrogens (tertiary/aromatic N) is 6. The molecule has 3 N–H and O–H groups in total. The van der Waals surface area contributed by atoms with E-state index >= 15 is 0 Å². The van der Waals surface area contributed by atoms with Crippen molar-refractivity contribution in [2.75, 3.05) is 6.61 Å². The van der Waals surface area contributed by atoms with E-state index in [0.29, 0.717) is 11.5 Å². The van der Waals surface area contributed by atoms with Crippen molar-refractivity contribution in [2.45, 2.75) is 37.4 Å². The number of aryl methyl sites for hydroxylation is 1. The zero-order valence-electron chi connectivity index (χ0n) is 19.4. The van der Waals surface area contributed by atoms with Crippen molar-refractivity contribution in [3.63, 3.8) is 0 Å². The van der Waals surface area contributed by atoms with Crippen molar-refractivity contribution in [1.82, 2.24) is 29.8 Å². The van der Waals surface area contributed by atoms with Crippen LogP contribution in [0, 0.1) is 24.4 Å². The van der Waals surface area contributed by atoms with Gasteiger partial charge in [-0.1, -0.05) is 34.5 Å². The van der Waals surface area contributed by atoms with Gasteiger partial charge in [0.25, 0.3) is 0 Å². The Morgan fingerprint density at radius 3 is 2.47 bits per heavy atom. The molecule has 1 fully saturated rings. The summed E-state index contributed by atoms with van der Waals surface area (Å²) in [5.74, 6) is -4.08. The molecule has 1 aliphatic rings. The van der Waals surface area contributed by atoms with Crippen LogP contribution in [0.4, 0.5) is 13.2 Å². The maximum Gasteiger partial charge on any atom is 0.194 e. The van der Waals surface area contributed by atoms with Gasteiger partial charge in [-0.25, -0.2) is 27.5 Å². The predicted octanol–water partition coefficient (Wildman–Crippen LogP) is 2.95. The first-order chi connectivity index (χ1) is 18.1. The Morgan fingerprint density at radius 1 is 1.08 bits per heavy atom. The van der Waals surface area contributed by atoms with Gasteiger partial charge >= 0.3 is 0 Å². The van der Waals surface area contributed by atoms with Gasteiger partial charge in [0, 0.05) is 5.56 Å². The van der Waals surface area contributed by atoms with Crippen molar-refractivity contribution < 1.29 is 33.2 Å². The topological polar surface area (TPSA) is 131 Å². The normalized spacial score (nSPS) is 23.7. The third-order valence-electron chi connectivity index (χ3n) is 6.14. The lowest BCUT2D eigenvalue weighted by Crippen LogP contribution is -2.53. The SMILES string of the molecule is Cc1nc([C@@H]2O[C@H](CO)[C@H](O)[C@H](n3cc(-c4cc(F)c(F)c(F)c4)nn3)[C@H]2O)n(-c2cccc(Cl)c2Cl)n1. The predicted molar refractivity (Wildman–Crippen MR) is 127 cm³/mol. The van der Waals surface area contributed by atoms with Gasteiger partial charge in [-0.05, 0) is 31.2 Å². The molecule has 10 nitrogen and oxygen atoms in total. The summed E-state index contributed by atoms with van der Waals surface area (Å²) in [6, 6.07) is 5.07. The molecule has 5 atom stereocenters. The molecule has 0 spiro atoms. The smallest absolute Gasteiger partial charge is 0.194 e. The Balaban J connectivity index is 1.55. The fourth-order valence-corrected chi connectivity index (χ4v) is 4.71. The van der Waals surface area contributed by atoms with Crippen LogP contribution in [-0.4, -0.2) is 70.0 Å². The standard InChI is InChI=1S/C23H19Cl2F3N6O4/c1-9-29-23(34(31-9)15-4-2-3-11(24)17(15)25)22-21(37)19(20(36)16(8-35)38-22)33-7-14(30-32-33)10-5-12(26)18(28)13(27)6-10/h2-7,16,19-22,35-37H,8H2,1H3/t16-,19+,20+,21-,22-/m1/s1. The van der Waals surface area contributed by atoms with Crippen LogP contribution in [0.25, 0.3) is 16.9 Å². The molecule has 0 aliphatic carbocycles. The Kier molecular flexibility index (Phi) is 7.15. The van der Waals surface area contributed by atoms with E-state index in [9.17, 15) is 28.5 Å². The largest absolute Gasteiger partial charge is 0.394 e. The Morgan fingerprint density at radius 2 is 1.79 bits per heavy atom. The Hall–Kier alpha value is -3.07. The fraction of sp³-hybridized carbons (Fsp3) is 0.304. The minimum Gasteiger partial charge on any atom is -0.394 e. The summed E-state index contributed by atoms with van der Waals surface area (Å²) in [5, 5.41) is 44.7. The second kappa shape index (κ2) is 10.2. The molecule has 0 amide bonds. The third-order valence-corrected chi connectivity index (χ3v) is 6.95. The third kappa shape index (κ3) is 4.55. The van der Waals surface area contributed by atoms with E-state index in [1.807, 2.05) is 0 Å². The van der Waals surface area contributed by atoms with Gasteiger partial charge in [0.2, 0.25) is 0 Å². The summed E-state index contributed by atoms with van der Waals surface area (Å²) in [6.45, 7) is 0.968. The molecule has 0 unspecified atom stereocenters. The lowest BCUT2D eigenvalue weighted by molar-refractivity contribution is -0.210. The molecule has 2 aromatic carbocycles. The van der Waals surface area contributed by atoms with Gasteiger partial charge < -0.3 is 20.1 Å². The summed E-state index contributed by atoms with van der Waals surface area (Å²) in [5.41, 5.74) is 0.164. The number of benzene rings is 2. The molecule has 200 valence electrons. The summed E-state index contributed by atoms with van der Waals surface area (Å²) >= 11 is 12.5. The van der Waals surface area contributed by atoms with E-state index in [0.717, 1.165) is 16.8 Å². The van der Waals surface area contributed by atoms with Crippen LogP contribution in [0.5, 0.6) is 0 Å². The quantitative estimate of drug-likeness (QED) is 0.312. The van der Waals surface area contributed by atoms with Gasteiger partial charge in [-0.2, -0.15) is 5.10 Å². The summed E-state index contributed by atoms with van der Waals surface area (Å²) < 4.78 is 49.1. The average molecular weight is 571 g/mol. The van der Waals surface area contributed by atoms with E-state index in [2.05, 4.69) is 20.4 Å². The van der Waals surface area contributed by atoms with Crippen LogP contribution in [0.2, 0.25) is 10.0 Å². The van der Waals surface area contributed by atoms with E-state index in [1.165, 1.54) is 10.9 Å². The number of aliphatic hydroxyl groups excluding tert-OH is 3. The van der Waals surface area contributed by atoms with Gasteiger partial charge in [0.05, 0.1) is 28.5 Å². The summed E-state index contributed by atoms with van der Waals surface area (Å²) in [4.78, 5) is 4.37. The van der Waals surface area contributed by atoms with Gasteiger partial charge in [-0.3, -0.25) is 0 Å². The monoisotopic (exact) mass is 570 g/mol. The second-order valence-corrected chi connectivity index (χ2v) is 9.37. The van der Waals surface area contributed by atoms with Crippen molar-refractivity contribution >= 4 is 23.2 Å². The molecule has 1 saturated heterocycles. The van der Waals surface area contributed by atoms with Gasteiger partial charge in [0.15, 0.2) is 23.3 Å². The number of hydrogen-bond acceptors (Lipinski definition) is 8. The Bertz CT molecular complexity index is 1480. The van der Waals surface area contributed by atoms with E-state index < -0.39 is 54.5 Å². The van der Waals surface area contributed by atoms with Crippen LogP contribution >= 0.6 is 23.2 Å². The van der Waals surface area contributed by atoms with E-state index in [-0.39, 0.29) is 27.1 Å². The maximum absolute atomic E-state index is 13.8. The van der Waals surface area contributed by atoms with Crippen molar-refractivity contribution in [3.8, 4) is 16.9 Å². The first-order valence-electron chi connectivity index (χ1n) is 11.2. The molecule has 1 aliphatic heterocycles. The molecular weight excluding hydrogens is 552 g/mol. The zero-order valence-corrected chi connectivity index (χ0v) is 20.9. The fourth-order valence-electron chi connectivity index (χ4n) is 4.33. The van der Waals surface area contributed by atoms with Crippen molar-refractivity contribution in [3.05, 3.63) is 75.7 Å². The number of aromatic nitrogens is 6. The van der Waals surface area contributed by atoms with Crippen LogP contribution in [0.3, 0.4) is 0 Å². The molecule has 4 aromatic rings. The molecular formula is C23H19Cl2F3N6O4. The number of halogens is 5. The molecule has 0 bridgehead atoms. The highest BCUT2D eigenvalue weighted by molar-refractivity contribution is 6.43. The van der Waals surface area contributed by atoms with Gasteiger partial charge in [-0.15, -0.1) is 5.10 Å². The van der Waals surface area contributed by atoms with Gasteiger partial charge in [0.1, 0.15) is 42.0 Å². The lowest BCUT2D eigenvalue weighted by Gasteiger charge is -2.41. The molecule has 3 heterocycles. The van der Waals surface area contributed by atoms with Crippen LogP contribution < -0.4 is 0 Å². The molecule has 0 radical (unpaired) electrons. The summed E-state index contributed by atoms with van der Waals surface area (Å²) in [7, 11) is 0. The lowest BCUT2D eigenvalue weighted by atomic mass is 9.92. The highest BCUT2D eigenvalue weighted by Crippen LogP contribution is 2.39. The van der Waals surface area contributed by atoms with E-state index in [1.54, 1.807) is 25.1 Å². The molecule has 0 saturated carbocycles. The first-order valence-corrected chi connectivity index (χ1v) is 11.9. The number of hydrogen-bond donors (Lipinski definition) is 3. The van der Waals surface area contributed by atoms with Crippen molar-refractivity contribution in [2.24, 2.45) is 0 Å². The minimum absolute atomic E-state index is 0.0597. The highest BCUT2D eigenvalue weighted by atomic mass is 35.5. The number of rotatable bonds is 5. The van der Waals surface area contributed by atoms with Crippen LogP contribution in [0.1, 0.15) is 23.8 Å². The molecule has 2 aromatic heterocycles. The number of aliphatic hydroxyl groups is 3. The molecule has 5 rings (SSSR count). The molecule has 38 heavy (non-hydrogen) atoms. The minimum atomic E-state index is -1.63. The highest BCUT2D eigenvalue weighted by Gasteiger charge is 2.48. The zero-order chi connectivity index (χ0) is 27.3. The average Bonchev–Trinajstić information content (AvgIpc) is 3.51. The van der Waals surface area contributed by atoms with E-state index in [4.69, 9.17) is 27.9 Å².